The average Bonchev–Trinajstić information content (AvgIpc) is 2.74. The standard InChI is InChI=1S/C9H15NO2S/c1-2-12-9(11)7-5-6(7)8-10-3-4-13-8/h6-8,10H,2-5H2,1H3. The third-order valence-electron chi connectivity index (χ3n) is 2.56. The molecular formula is C9H15NO2S. The third kappa shape index (κ3) is 1.99. The molecule has 1 heterocycles. The molecule has 1 aliphatic carbocycles. The van der Waals surface area contributed by atoms with Crippen LogP contribution in [0.25, 0.3) is 0 Å². The molecule has 13 heavy (non-hydrogen) atoms. The van der Waals surface area contributed by atoms with E-state index in [0.717, 1.165) is 13.0 Å². The average molecular weight is 201 g/mol. The molecule has 74 valence electrons. The highest BCUT2D eigenvalue weighted by Crippen LogP contribution is 2.46. The number of ether oxygens (including phenoxy) is 1. The fraction of sp³-hybridized carbons (Fsp3) is 0.889. The van der Waals surface area contributed by atoms with Crippen molar-refractivity contribution >= 4 is 17.7 Å². The minimum atomic E-state index is 0.00167. The van der Waals surface area contributed by atoms with E-state index < -0.39 is 0 Å². The van der Waals surface area contributed by atoms with Crippen LogP contribution in [0.2, 0.25) is 0 Å². The lowest BCUT2D eigenvalue weighted by Gasteiger charge is -2.07. The highest BCUT2D eigenvalue weighted by Gasteiger charge is 2.49. The zero-order valence-corrected chi connectivity index (χ0v) is 8.60. The topological polar surface area (TPSA) is 38.3 Å². The van der Waals surface area contributed by atoms with Gasteiger partial charge in [0.2, 0.25) is 0 Å². The van der Waals surface area contributed by atoms with Crippen LogP contribution in [0.3, 0.4) is 0 Å². The SMILES string of the molecule is CCOC(=O)C1CC1C1NCCS1. The lowest BCUT2D eigenvalue weighted by Crippen LogP contribution is -2.23. The Labute approximate surface area is 82.6 Å². The molecule has 2 aliphatic rings. The van der Waals surface area contributed by atoms with Crippen LogP contribution < -0.4 is 5.32 Å². The van der Waals surface area contributed by atoms with Crippen LogP contribution in [0.15, 0.2) is 0 Å². The number of carbonyl (C=O) groups excluding carboxylic acids is 1. The molecule has 1 N–H and O–H groups in total. The van der Waals surface area contributed by atoms with Gasteiger partial charge >= 0.3 is 5.97 Å². The van der Waals surface area contributed by atoms with Gasteiger partial charge < -0.3 is 10.1 Å². The Morgan fingerprint density at radius 2 is 2.54 bits per heavy atom. The Kier molecular flexibility index (Phi) is 2.79. The Morgan fingerprint density at radius 1 is 1.69 bits per heavy atom. The minimum absolute atomic E-state index is 0.00167. The summed E-state index contributed by atoms with van der Waals surface area (Å²) in [4.78, 5) is 11.3. The molecule has 3 nitrogen and oxygen atoms in total. The summed E-state index contributed by atoms with van der Waals surface area (Å²) in [5, 5.41) is 3.91. The zero-order chi connectivity index (χ0) is 9.26. The number of thioether (sulfide) groups is 1. The summed E-state index contributed by atoms with van der Waals surface area (Å²) < 4.78 is 4.98. The molecule has 1 saturated carbocycles. The smallest absolute Gasteiger partial charge is 0.309 e. The van der Waals surface area contributed by atoms with Crippen molar-refractivity contribution in [1.29, 1.82) is 0 Å². The summed E-state index contributed by atoms with van der Waals surface area (Å²) in [6.45, 7) is 3.45. The van der Waals surface area contributed by atoms with Crippen molar-refractivity contribution in [3.8, 4) is 0 Å². The summed E-state index contributed by atoms with van der Waals surface area (Å²) in [5.74, 6) is 1.90. The number of nitrogens with one attached hydrogen (secondary N) is 1. The molecule has 2 fully saturated rings. The maximum atomic E-state index is 11.3. The molecule has 0 aromatic carbocycles. The Morgan fingerprint density at radius 3 is 3.15 bits per heavy atom. The lowest BCUT2D eigenvalue weighted by atomic mass is 10.3. The van der Waals surface area contributed by atoms with Gasteiger partial charge in [-0.1, -0.05) is 0 Å². The second kappa shape index (κ2) is 3.88. The van der Waals surface area contributed by atoms with Gasteiger partial charge in [0, 0.05) is 12.3 Å². The molecule has 3 unspecified atom stereocenters. The molecule has 0 aromatic rings. The van der Waals surface area contributed by atoms with E-state index >= 15 is 0 Å². The molecule has 0 amide bonds. The van der Waals surface area contributed by atoms with Crippen molar-refractivity contribution in [1.82, 2.24) is 5.32 Å². The summed E-state index contributed by atoms with van der Waals surface area (Å²) >= 11 is 1.93. The van der Waals surface area contributed by atoms with Gasteiger partial charge in [0.1, 0.15) is 0 Å². The third-order valence-corrected chi connectivity index (χ3v) is 3.88. The number of hydrogen-bond donors (Lipinski definition) is 1. The van der Waals surface area contributed by atoms with Gasteiger partial charge in [0.25, 0.3) is 0 Å². The molecule has 0 aromatic heterocycles. The van der Waals surface area contributed by atoms with E-state index in [2.05, 4.69) is 5.32 Å². The van der Waals surface area contributed by atoms with E-state index in [-0.39, 0.29) is 11.9 Å². The van der Waals surface area contributed by atoms with Gasteiger partial charge in [-0.15, -0.1) is 11.8 Å². The number of hydrogen-bond acceptors (Lipinski definition) is 4. The molecule has 4 heteroatoms. The van der Waals surface area contributed by atoms with Crippen molar-refractivity contribution in [3.63, 3.8) is 0 Å². The quantitative estimate of drug-likeness (QED) is 0.687. The summed E-state index contributed by atoms with van der Waals surface area (Å²) in [6.07, 6.45) is 1.02. The normalized spacial score (nSPS) is 37.5. The summed E-state index contributed by atoms with van der Waals surface area (Å²) in [7, 11) is 0. The van der Waals surface area contributed by atoms with Crippen molar-refractivity contribution < 1.29 is 9.53 Å². The van der Waals surface area contributed by atoms with E-state index in [1.165, 1.54) is 5.75 Å². The first kappa shape index (κ1) is 9.34. The molecule has 2 rings (SSSR count). The molecular weight excluding hydrogens is 186 g/mol. The van der Waals surface area contributed by atoms with E-state index in [0.29, 0.717) is 17.9 Å². The van der Waals surface area contributed by atoms with Crippen LogP contribution in [0.4, 0.5) is 0 Å². The molecule has 1 saturated heterocycles. The van der Waals surface area contributed by atoms with Gasteiger partial charge in [-0.25, -0.2) is 0 Å². The van der Waals surface area contributed by atoms with Crippen LogP contribution >= 0.6 is 11.8 Å². The highest BCUT2D eigenvalue weighted by molar-refractivity contribution is 8.00. The minimum Gasteiger partial charge on any atom is -0.466 e. The predicted octanol–water partition coefficient (Wildman–Crippen LogP) is 0.848. The van der Waals surface area contributed by atoms with Gasteiger partial charge in [-0.2, -0.15) is 0 Å². The molecule has 0 spiro atoms. The van der Waals surface area contributed by atoms with Crippen LogP contribution in [-0.2, 0) is 9.53 Å². The van der Waals surface area contributed by atoms with Gasteiger partial charge in [-0.3, -0.25) is 4.79 Å². The van der Waals surface area contributed by atoms with E-state index in [9.17, 15) is 4.79 Å². The maximum Gasteiger partial charge on any atom is 0.309 e. The lowest BCUT2D eigenvalue weighted by molar-refractivity contribution is -0.145. The Balaban J connectivity index is 1.77. The summed E-state index contributed by atoms with van der Waals surface area (Å²) in [5.41, 5.74) is 0. The van der Waals surface area contributed by atoms with E-state index in [4.69, 9.17) is 4.74 Å². The number of rotatable bonds is 3. The molecule has 0 radical (unpaired) electrons. The van der Waals surface area contributed by atoms with E-state index in [1.54, 1.807) is 0 Å². The Hall–Kier alpha value is -0.220. The van der Waals surface area contributed by atoms with Gasteiger partial charge in [0.15, 0.2) is 0 Å². The molecule has 1 aliphatic heterocycles. The highest BCUT2D eigenvalue weighted by atomic mass is 32.2. The Bertz CT molecular complexity index is 204. The fourth-order valence-corrected chi connectivity index (χ4v) is 3.06. The van der Waals surface area contributed by atoms with Crippen molar-refractivity contribution in [3.05, 3.63) is 0 Å². The molecule has 3 atom stereocenters. The van der Waals surface area contributed by atoms with E-state index in [1.807, 2.05) is 18.7 Å². The first-order chi connectivity index (χ1) is 6.33. The first-order valence-corrected chi connectivity index (χ1v) is 5.89. The number of carbonyl (C=O) groups is 1. The molecule has 0 bridgehead atoms. The van der Waals surface area contributed by atoms with Crippen LogP contribution in [0.1, 0.15) is 13.3 Å². The first-order valence-electron chi connectivity index (χ1n) is 4.84. The van der Waals surface area contributed by atoms with Crippen LogP contribution in [-0.4, -0.2) is 30.2 Å². The van der Waals surface area contributed by atoms with Crippen molar-refractivity contribution in [2.45, 2.75) is 18.7 Å². The van der Waals surface area contributed by atoms with Crippen LogP contribution in [0.5, 0.6) is 0 Å². The predicted molar refractivity (Wildman–Crippen MR) is 52.5 cm³/mol. The van der Waals surface area contributed by atoms with Gasteiger partial charge in [-0.05, 0) is 19.3 Å². The van der Waals surface area contributed by atoms with Crippen molar-refractivity contribution in [2.24, 2.45) is 11.8 Å². The zero-order valence-electron chi connectivity index (χ0n) is 7.79. The van der Waals surface area contributed by atoms with Gasteiger partial charge in [0.05, 0.1) is 17.9 Å². The summed E-state index contributed by atoms with van der Waals surface area (Å²) in [6, 6.07) is 0. The maximum absolute atomic E-state index is 11.3. The fourth-order valence-electron chi connectivity index (χ4n) is 1.79. The largest absolute Gasteiger partial charge is 0.466 e. The number of esters is 1. The van der Waals surface area contributed by atoms with Crippen molar-refractivity contribution in [2.75, 3.05) is 18.9 Å². The second-order valence-corrected chi connectivity index (χ2v) is 4.75. The second-order valence-electron chi connectivity index (χ2n) is 3.50. The van der Waals surface area contributed by atoms with Crippen LogP contribution in [0, 0.1) is 11.8 Å². The monoisotopic (exact) mass is 201 g/mol.